The number of nitrogens with one attached hydrogen (secondary N) is 2. The fourth-order valence-electron chi connectivity index (χ4n) is 2.13. The zero-order chi connectivity index (χ0) is 15.4. The van der Waals surface area contributed by atoms with Crippen molar-refractivity contribution >= 4 is 23.0 Å². The monoisotopic (exact) mass is 290 g/mol. The standard InChI is InChI=1S/C18H18N4/c1-13-7-9-15(10-8-13)21-17-11-18(20-12-19-17)22-16-6-4-3-5-14(16)2/h3-12H,1-2H3,(H2,19,20,21,22). The molecule has 0 saturated heterocycles. The Morgan fingerprint density at radius 2 is 1.45 bits per heavy atom. The van der Waals surface area contributed by atoms with E-state index in [0.29, 0.717) is 0 Å². The molecule has 0 radical (unpaired) electrons. The summed E-state index contributed by atoms with van der Waals surface area (Å²) in [6, 6.07) is 18.2. The molecule has 0 fully saturated rings. The van der Waals surface area contributed by atoms with Crippen LogP contribution in [-0.2, 0) is 0 Å². The number of hydrogen-bond donors (Lipinski definition) is 2. The van der Waals surface area contributed by atoms with E-state index in [1.165, 1.54) is 11.1 Å². The Morgan fingerprint density at radius 1 is 0.773 bits per heavy atom. The molecule has 2 N–H and O–H groups in total. The fourth-order valence-corrected chi connectivity index (χ4v) is 2.13. The molecule has 0 aliphatic carbocycles. The highest BCUT2D eigenvalue weighted by Gasteiger charge is 2.02. The summed E-state index contributed by atoms with van der Waals surface area (Å²) in [6.45, 7) is 4.13. The molecular weight excluding hydrogens is 272 g/mol. The summed E-state index contributed by atoms with van der Waals surface area (Å²) in [5, 5.41) is 6.60. The summed E-state index contributed by atoms with van der Waals surface area (Å²) in [7, 11) is 0. The highest BCUT2D eigenvalue weighted by molar-refractivity contribution is 5.64. The van der Waals surface area contributed by atoms with Crippen LogP contribution in [0.3, 0.4) is 0 Å². The number of aromatic nitrogens is 2. The van der Waals surface area contributed by atoms with Gasteiger partial charge in [0.15, 0.2) is 0 Å². The van der Waals surface area contributed by atoms with Crippen molar-refractivity contribution in [2.24, 2.45) is 0 Å². The Morgan fingerprint density at radius 3 is 2.18 bits per heavy atom. The summed E-state index contributed by atoms with van der Waals surface area (Å²) < 4.78 is 0. The summed E-state index contributed by atoms with van der Waals surface area (Å²) in [5.41, 5.74) is 4.46. The van der Waals surface area contributed by atoms with Gasteiger partial charge in [-0.15, -0.1) is 0 Å². The third-order valence-corrected chi connectivity index (χ3v) is 3.40. The van der Waals surface area contributed by atoms with Crippen LogP contribution in [0.1, 0.15) is 11.1 Å². The van der Waals surface area contributed by atoms with E-state index in [9.17, 15) is 0 Å². The van der Waals surface area contributed by atoms with Gasteiger partial charge in [0.05, 0.1) is 0 Å². The average molecular weight is 290 g/mol. The predicted molar refractivity (Wildman–Crippen MR) is 91.0 cm³/mol. The van der Waals surface area contributed by atoms with Crippen LogP contribution in [0.25, 0.3) is 0 Å². The van der Waals surface area contributed by atoms with Crippen LogP contribution in [0.4, 0.5) is 23.0 Å². The number of nitrogens with zero attached hydrogens (tertiary/aromatic N) is 2. The minimum atomic E-state index is 0.759. The maximum atomic E-state index is 4.27. The number of aryl methyl sites for hydroxylation is 2. The third kappa shape index (κ3) is 3.41. The highest BCUT2D eigenvalue weighted by Crippen LogP contribution is 2.21. The van der Waals surface area contributed by atoms with Crippen LogP contribution in [0.5, 0.6) is 0 Å². The van der Waals surface area contributed by atoms with Crippen LogP contribution in [0.15, 0.2) is 60.9 Å². The van der Waals surface area contributed by atoms with Gasteiger partial charge in [0, 0.05) is 17.4 Å². The summed E-state index contributed by atoms with van der Waals surface area (Å²) in [4.78, 5) is 8.53. The van der Waals surface area contributed by atoms with E-state index < -0.39 is 0 Å². The van der Waals surface area contributed by atoms with Crippen LogP contribution >= 0.6 is 0 Å². The molecule has 0 unspecified atom stereocenters. The largest absolute Gasteiger partial charge is 0.340 e. The Labute approximate surface area is 130 Å². The van der Waals surface area contributed by atoms with E-state index in [-0.39, 0.29) is 0 Å². The molecular formula is C18H18N4. The van der Waals surface area contributed by atoms with E-state index in [1.807, 2.05) is 36.4 Å². The predicted octanol–water partition coefficient (Wildman–Crippen LogP) is 4.58. The Hall–Kier alpha value is -2.88. The molecule has 0 spiro atoms. The van der Waals surface area contributed by atoms with E-state index >= 15 is 0 Å². The van der Waals surface area contributed by atoms with Crippen molar-refractivity contribution in [3.8, 4) is 0 Å². The molecule has 2 aromatic carbocycles. The number of rotatable bonds is 4. The van der Waals surface area contributed by atoms with Crippen LogP contribution in [0, 0.1) is 13.8 Å². The molecule has 1 heterocycles. The second-order valence-electron chi connectivity index (χ2n) is 5.22. The second-order valence-corrected chi connectivity index (χ2v) is 5.22. The van der Waals surface area contributed by atoms with Gasteiger partial charge in [0.2, 0.25) is 0 Å². The molecule has 0 saturated carbocycles. The lowest BCUT2D eigenvalue weighted by molar-refractivity contribution is 1.16. The molecule has 3 rings (SSSR count). The quantitative estimate of drug-likeness (QED) is 0.738. The van der Waals surface area contributed by atoms with Gasteiger partial charge in [-0.3, -0.25) is 0 Å². The molecule has 0 aliphatic heterocycles. The lowest BCUT2D eigenvalue weighted by Crippen LogP contribution is -1.99. The van der Waals surface area contributed by atoms with E-state index in [4.69, 9.17) is 0 Å². The molecule has 3 aromatic rings. The molecule has 1 aromatic heterocycles. The number of hydrogen-bond acceptors (Lipinski definition) is 4. The normalized spacial score (nSPS) is 10.3. The van der Waals surface area contributed by atoms with Crippen molar-refractivity contribution in [3.63, 3.8) is 0 Å². The lowest BCUT2D eigenvalue weighted by atomic mass is 10.2. The van der Waals surface area contributed by atoms with Gasteiger partial charge in [0.1, 0.15) is 18.0 Å². The summed E-state index contributed by atoms with van der Waals surface area (Å²) in [5.74, 6) is 1.52. The maximum absolute atomic E-state index is 4.27. The molecule has 4 heteroatoms. The van der Waals surface area contributed by atoms with E-state index in [2.05, 4.69) is 52.6 Å². The molecule has 0 atom stereocenters. The van der Waals surface area contributed by atoms with Crippen molar-refractivity contribution in [1.82, 2.24) is 9.97 Å². The minimum absolute atomic E-state index is 0.759. The van der Waals surface area contributed by atoms with E-state index in [0.717, 1.165) is 23.0 Å². The number of anilines is 4. The molecule has 22 heavy (non-hydrogen) atoms. The first-order chi connectivity index (χ1) is 10.7. The Kier molecular flexibility index (Phi) is 4.01. The average Bonchev–Trinajstić information content (AvgIpc) is 2.52. The van der Waals surface area contributed by atoms with Gasteiger partial charge in [0.25, 0.3) is 0 Å². The van der Waals surface area contributed by atoms with Gasteiger partial charge in [-0.25, -0.2) is 9.97 Å². The van der Waals surface area contributed by atoms with Gasteiger partial charge < -0.3 is 10.6 Å². The molecule has 0 aliphatic rings. The van der Waals surface area contributed by atoms with Crippen LogP contribution in [0.2, 0.25) is 0 Å². The first-order valence-electron chi connectivity index (χ1n) is 7.19. The SMILES string of the molecule is Cc1ccc(Nc2cc(Nc3ccccc3C)ncn2)cc1. The second kappa shape index (κ2) is 6.26. The highest BCUT2D eigenvalue weighted by atomic mass is 15.1. The number of benzene rings is 2. The van der Waals surface area contributed by atoms with Crippen molar-refractivity contribution in [2.75, 3.05) is 10.6 Å². The maximum Gasteiger partial charge on any atom is 0.135 e. The minimum Gasteiger partial charge on any atom is -0.340 e. The Bertz CT molecular complexity index is 766. The smallest absolute Gasteiger partial charge is 0.135 e. The topological polar surface area (TPSA) is 49.8 Å². The first kappa shape index (κ1) is 14.1. The fraction of sp³-hybridized carbons (Fsp3) is 0.111. The molecule has 0 bridgehead atoms. The van der Waals surface area contributed by atoms with Crippen LogP contribution in [-0.4, -0.2) is 9.97 Å². The van der Waals surface area contributed by atoms with Crippen molar-refractivity contribution in [1.29, 1.82) is 0 Å². The third-order valence-electron chi connectivity index (χ3n) is 3.40. The van der Waals surface area contributed by atoms with Crippen LogP contribution < -0.4 is 10.6 Å². The zero-order valence-corrected chi connectivity index (χ0v) is 12.7. The lowest BCUT2D eigenvalue weighted by Gasteiger charge is -2.10. The summed E-state index contributed by atoms with van der Waals surface area (Å²) >= 11 is 0. The van der Waals surface area contributed by atoms with Gasteiger partial charge in [-0.2, -0.15) is 0 Å². The molecule has 4 nitrogen and oxygen atoms in total. The number of para-hydroxylation sites is 1. The summed E-state index contributed by atoms with van der Waals surface area (Å²) in [6.07, 6.45) is 1.55. The molecule has 110 valence electrons. The van der Waals surface area contributed by atoms with Gasteiger partial charge >= 0.3 is 0 Å². The first-order valence-corrected chi connectivity index (χ1v) is 7.19. The van der Waals surface area contributed by atoms with Gasteiger partial charge in [-0.1, -0.05) is 35.9 Å². The van der Waals surface area contributed by atoms with Crippen molar-refractivity contribution in [3.05, 3.63) is 72.1 Å². The zero-order valence-electron chi connectivity index (χ0n) is 12.7. The van der Waals surface area contributed by atoms with E-state index in [1.54, 1.807) is 6.33 Å². The van der Waals surface area contributed by atoms with Crippen molar-refractivity contribution in [2.45, 2.75) is 13.8 Å². The molecule has 0 amide bonds. The Balaban J connectivity index is 1.78. The van der Waals surface area contributed by atoms with Crippen molar-refractivity contribution < 1.29 is 0 Å². The van der Waals surface area contributed by atoms with Gasteiger partial charge in [-0.05, 0) is 37.6 Å².